The third-order valence-corrected chi connectivity index (χ3v) is 5.18. The minimum atomic E-state index is -4.47. The summed E-state index contributed by atoms with van der Waals surface area (Å²) in [7, 11) is 1.59. The number of hydrazone groups is 1. The second kappa shape index (κ2) is 9.80. The second-order valence-corrected chi connectivity index (χ2v) is 8.36. The van der Waals surface area contributed by atoms with Gasteiger partial charge in [-0.15, -0.1) is 0 Å². The van der Waals surface area contributed by atoms with Gasteiger partial charge >= 0.3 is 6.18 Å². The summed E-state index contributed by atoms with van der Waals surface area (Å²) in [6, 6.07) is 8.24. The largest absolute Gasteiger partial charge is 0.506 e. The Hall–Kier alpha value is -2.43. The highest BCUT2D eigenvalue weighted by molar-refractivity contribution is 14.1. The summed E-state index contributed by atoms with van der Waals surface area (Å²) in [5, 5.41) is 19.6. The Balaban J connectivity index is 1.81. The Morgan fingerprint density at radius 2 is 1.74 bits per heavy atom. The van der Waals surface area contributed by atoms with E-state index >= 15 is 0 Å². The zero-order valence-corrected chi connectivity index (χ0v) is 20.0. The number of alkyl halides is 3. The second-order valence-electron chi connectivity index (χ2n) is 5.96. The number of nitrogens with one attached hydrogen (secondary N) is 3. The standard InChI is InChI=1S/C18H14F3I2N7O/c1-24-15-27-16(26-12-4-2-3-10(6-12)18(19,20)21)29-17(28-15)30-25-8-9-5-11(22)7-13(23)14(9)31/h2-8,31H,1H3,(H3,24,26,27,28,29,30)/b25-8-. The summed E-state index contributed by atoms with van der Waals surface area (Å²) in [5.74, 6) is 0.326. The Bertz CT molecular complexity index is 1130. The van der Waals surface area contributed by atoms with Crippen molar-refractivity contribution in [1.82, 2.24) is 15.0 Å². The van der Waals surface area contributed by atoms with Crippen LogP contribution in [0.5, 0.6) is 5.75 Å². The molecule has 31 heavy (non-hydrogen) atoms. The Labute approximate surface area is 202 Å². The average molecular weight is 655 g/mol. The molecule has 0 atom stereocenters. The van der Waals surface area contributed by atoms with E-state index in [2.05, 4.69) is 58.7 Å². The fraction of sp³-hybridized carbons (Fsp3) is 0.111. The van der Waals surface area contributed by atoms with Crippen LogP contribution in [0, 0.1) is 7.14 Å². The third-order valence-electron chi connectivity index (χ3n) is 3.73. The van der Waals surface area contributed by atoms with Crippen LogP contribution in [0.25, 0.3) is 0 Å². The van der Waals surface area contributed by atoms with Crippen molar-refractivity contribution in [1.29, 1.82) is 0 Å². The third kappa shape index (κ3) is 6.28. The molecule has 2 aromatic carbocycles. The Morgan fingerprint density at radius 1 is 1.03 bits per heavy atom. The topological polar surface area (TPSA) is 107 Å². The van der Waals surface area contributed by atoms with Gasteiger partial charge in [0.2, 0.25) is 17.8 Å². The molecule has 0 aliphatic heterocycles. The first kappa shape index (κ1) is 23.2. The van der Waals surface area contributed by atoms with Gasteiger partial charge in [0.25, 0.3) is 0 Å². The van der Waals surface area contributed by atoms with Gasteiger partial charge in [0.15, 0.2) is 0 Å². The number of phenolic OH excluding ortho intramolecular Hbond substituents is 1. The smallest absolute Gasteiger partial charge is 0.416 e. The quantitative estimate of drug-likeness (QED) is 0.168. The molecule has 1 aromatic heterocycles. The molecule has 3 rings (SSSR count). The monoisotopic (exact) mass is 655 g/mol. The van der Waals surface area contributed by atoms with Gasteiger partial charge in [0.05, 0.1) is 15.3 Å². The van der Waals surface area contributed by atoms with Crippen LogP contribution in [0.4, 0.5) is 36.7 Å². The van der Waals surface area contributed by atoms with Crippen molar-refractivity contribution in [3.05, 3.63) is 54.7 Å². The molecule has 0 saturated carbocycles. The summed E-state index contributed by atoms with van der Waals surface area (Å²) in [6.45, 7) is 0. The number of anilines is 4. The zero-order valence-electron chi connectivity index (χ0n) is 15.7. The molecule has 0 saturated heterocycles. The first-order chi connectivity index (χ1) is 14.7. The highest BCUT2D eigenvalue weighted by atomic mass is 127. The Morgan fingerprint density at radius 3 is 2.45 bits per heavy atom. The van der Waals surface area contributed by atoms with E-state index in [9.17, 15) is 18.3 Å². The van der Waals surface area contributed by atoms with Crippen molar-refractivity contribution in [2.24, 2.45) is 5.10 Å². The fourth-order valence-electron chi connectivity index (χ4n) is 2.34. The molecule has 0 aliphatic rings. The molecule has 8 nitrogen and oxygen atoms in total. The predicted molar refractivity (Wildman–Crippen MR) is 129 cm³/mol. The molecular formula is C18H14F3I2N7O. The molecule has 162 valence electrons. The van der Waals surface area contributed by atoms with Gasteiger partial charge in [-0.25, -0.2) is 5.43 Å². The van der Waals surface area contributed by atoms with Crippen molar-refractivity contribution in [2.75, 3.05) is 23.1 Å². The van der Waals surface area contributed by atoms with Crippen LogP contribution >= 0.6 is 45.2 Å². The number of halogens is 5. The molecule has 0 aliphatic carbocycles. The van der Waals surface area contributed by atoms with E-state index in [1.54, 1.807) is 13.1 Å². The van der Waals surface area contributed by atoms with Crippen LogP contribution in [-0.4, -0.2) is 33.3 Å². The molecule has 0 unspecified atom stereocenters. The lowest BCUT2D eigenvalue weighted by Crippen LogP contribution is -2.08. The zero-order chi connectivity index (χ0) is 22.6. The van der Waals surface area contributed by atoms with Gasteiger partial charge in [0, 0.05) is 21.9 Å². The van der Waals surface area contributed by atoms with E-state index < -0.39 is 11.7 Å². The van der Waals surface area contributed by atoms with Crippen molar-refractivity contribution in [2.45, 2.75) is 6.18 Å². The maximum Gasteiger partial charge on any atom is 0.416 e. The fourth-order valence-corrected chi connectivity index (χ4v) is 4.23. The maximum atomic E-state index is 12.9. The highest BCUT2D eigenvalue weighted by Crippen LogP contribution is 2.31. The first-order valence-electron chi connectivity index (χ1n) is 8.51. The van der Waals surface area contributed by atoms with Gasteiger partial charge in [-0.1, -0.05) is 6.07 Å². The molecule has 0 spiro atoms. The van der Waals surface area contributed by atoms with E-state index in [-0.39, 0.29) is 29.3 Å². The minimum Gasteiger partial charge on any atom is -0.506 e. The summed E-state index contributed by atoms with van der Waals surface area (Å²) in [5.41, 5.74) is 2.49. The van der Waals surface area contributed by atoms with E-state index in [0.717, 1.165) is 15.7 Å². The summed E-state index contributed by atoms with van der Waals surface area (Å²) >= 11 is 4.14. The molecule has 0 fully saturated rings. The number of hydrogen-bond acceptors (Lipinski definition) is 8. The van der Waals surface area contributed by atoms with Crippen LogP contribution in [0.2, 0.25) is 0 Å². The normalized spacial score (nSPS) is 11.5. The molecule has 1 heterocycles. The molecule has 3 aromatic rings. The molecule has 13 heteroatoms. The van der Waals surface area contributed by atoms with Crippen molar-refractivity contribution in [3.63, 3.8) is 0 Å². The molecule has 0 radical (unpaired) electrons. The number of hydrogen-bond donors (Lipinski definition) is 4. The van der Waals surface area contributed by atoms with Crippen LogP contribution in [0.15, 0.2) is 41.5 Å². The maximum absolute atomic E-state index is 12.9. The first-order valence-corrected chi connectivity index (χ1v) is 10.7. The van der Waals surface area contributed by atoms with Gasteiger partial charge in [-0.05, 0) is 75.5 Å². The van der Waals surface area contributed by atoms with E-state index in [0.29, 0.717) is 9.13 Å². The SMILES string of the molecule is CNc1nc(N/N=C\c2cc(I)cc(I)c2O)nc(Nc2cccc(C(F)(F)F)c2)n1. The van der Waals surface area contributed by atoms with Gasteiger partial charge in [-0.2, -0.15) is 33.2 Å². The van der Waals surface area contributed by atoms with Crippen LogP contribution in [0.1, 0.15) is 11.1 Å². The van der Waals surface area contributed by atoms with Crippen molar-refractivity contribution < 1.29 is 18.3 Å². The van der Waals surface area contributed by atoms with Gasteiger partial charge in [0.1, 0.15) is 5.75 Å². The lowest BCUT2D eigenvalue weighted by atomic mass is 10.2. The molecule has 0 bridgehead atoms. The van der Waals surface area contributed by atoms with E-state index in [1.807, 2.05) is 28.7 Å². The molecule has 0 amide bonds. The summed E-state index contributed by atoms with van der Waals surface area (Å²) < 4.78 is 40.4. The minimum absolute atomic E-state index is 0.0167. The number of aromatic hydroxyl groups is 1. The van der Waals surface area contributed by atoms with E-state index in [1.165, 1.54) is 18.3 Å². The number of aromatic nitrogens is 3. The number of benzene rings is 2. The number of nitrogens with zero attached hydrogens (tertiary/aromatic N) is 4. The predicted octanol–water partition coefficient (Wildman–Crippen LogP) is 5.04. The van der Waals surface area contributed by atoms with Crippen molar-refractivity contribution in [3.8, 4) is 5.75 Å². The van der Waals surface area contributed by atoms with Gasteiger partial charge in [-0.3, -0.25) is 0 Å². The van der Waals surface area contributed by atoms with Crippen molar-refractivity contribution >= 4 is 74.9 Å². The highest BCUT2D eigenvalue weighted by Gasteiger charge is 2.30. The van der Waals surface area contributed by atoms with Crippen LogP contribution in [-0.2, 0) is 6.18 Å². The summed E-state index contributed by atoms with van der Waals surface area (Å²) in [6.07, 6.45) is -3.06. The lowest BCUT2D eigenvalue weighted by Gasteiger charge is -2.11. The number of rotatable bonds is 6. The molecule has 4 N–H and O–H groups in total. The summed E-state index contributed by atoms with van der Waals surface area (Å²) in [4.78, 5) is 12.3. The van der Waals surface area contributed by atoms with E-state index in [4.69, 9.17) is 0 Å². The lowest BCUT2D eigenvalue weighted by molar-refractivity contribution is -0.137. The van der Waals surface area contributed by atoms with Crippen LogP contribution in [0.3, 0.4) is 0 Å². The van der Waals surface area contributed by atoms with Crippen LogP contribution < -0.4 is 16.1 Å². The van der Waals surface area contributed by atoms with Gasteiger partial charge < -0.3 is 15.7 Å². The molecular weight excluding hydrogens is 641 g/mol. The number of phenols is 1. The Kier molecular flexibility index (Phi) is 7.34. The average Bonchev–Trinajstić information content (AvgIpc) is 2.71.